The van der Waals surface area contributed by atoms with Crippen LogP contribution in [0.5, 0.6) is 0 Å². The maximum absolute atomic E-state index is 12.3. The molecule has 96 valence electrons. The molecule has 0 atom stereocenters. The van der Waals surface area contributed by atoms with Crippen molar-refractivity contribution in [3.05, 3.63) is 23.7 Å². The second-order valence-corrected chi connectivity index (χ2v) is 3.82. The van der Waals surface area contributed by atoms with Crippen LogP contribution >= 0.6 is 11.6 Å². The first-order valence-corrected chi connectivity index (χ1v) is 5.83. The van der Waals surface area contributed by atoms with E-state index in [0.29, 0.717) is 17.7 Å². The SMILES string of the molecule is CCc1occc1C(=O)N(CCCl)CC(F)F. The number of carbonyl (C=O) groups excluding carboxylic acids is 1. The number of halogens is 3. The van der Waals surface area contributed by atoms with Crippen LogP contribution in [0.3, 0.4) is 0 Å². The molecule has 1 heterocycles. The average molecular weight is 266 g/mol. The molecule has 1 amide bonds. The van der Waals surface area contributed by atoms with Crippen molar-refractivity contribution >= 4 is 17.5 Å². The van der Waals surface area contributed by atoms with Gasteiger partial charge in [0.25, 0.3) is 12.3 Å². The molecule has 0 N–H and O–H groups in total. The fourth-order valence-electron chi connectivity index (χ4n) is 1.52. The van der Waals surface area contributed by atoms with Gasteiger partial charge in [-0.05, 0) is 6.07 Å². The van der Waals surface area contributed by atoms with Gasteiger partial charge in [-0.1, -0.05) is 6.92 Å². The van der Waals surface area contributed by atoms with Gasteiger partial charge in [-0.25, -0.2) is 8.78 Å². The van der Waals surface area contributed by atoms with Crippen LogP contribution < -0.4 is 0 Å². The van der Waals surface area contributed by atoms with Crippen molar-refractivity contribution < 1.29 is 18.0 Å². The molecule has 0 saturated heterocycles. The summed E-state index contributed by atoms with van der Waals surface area (Å²) in [6, 6.07) is 1.49. The van der Waals surface area contributed by atoms with Gasteiger partial charge < -0.3 is 9.32 Å². The number of rotatable bonds is 6. The zero-order valence-electron chi connectivity index (χ0n) is 9.46. The number of nitrogens with zero attached hydrogens (tertiary/aromatic N) is 1. The Hall–Kier alpha value is -1.10. The Morgan fingerprint density at radius 2 is 2.29 bits per heavy atom. The second-order valence-electron chi connectivity index (χ2n) is 3.44. The van der Waals surface area contributed by atoms with Crippen LogP contribution in [0.15, 0.2) is 16.7 Å². The Morgan fingerprint density at radius 1 is 1.59 bits per heavy atom. The van der Waals surface area contributed by atoms with Gasteiger partial charge in [0.2, 0.25) is 0 Å². The van der Waals surface area contributed by atoms with E-state index in [0.717, 1.165) is 4.90 Å². The van der Waals surface area contributed by atoms with E-state index in [4.69, 9.17) is 16.0 Å². The molecule has 0 aromatic carbocycles. The average Bonchev–Trinajstić information content (AvgIpc) is 2.74. The normalized spacial score (nSPS) is 10.9. The minimum absolute atomic E-state index is 0.0963. The van der Waals surface area contributed by atoms with Crippen LogP contribution in [0.2, 0.25) is 0 Å². The maximum atomic E-state index is 12.3. The number of hydrogen-bond donors (Lipinski definition) is 0. The smallest absolute Gasteiger partial charge is 0.257 e. The lowest BCUT2D eigenvalue weighted by molar-refractivity contribution is 0.0569. The quantitative estimate of drug-likeness (QED) is 0.741. The summed E-state index contributed by atoms with van der Waals surface area (Å²) in [6.45, 7) is 1.31. The lowest BCUT2D eigenvalue weighted by atomic mass is 10.2. The van der Waals surface area contributed by atoms with Crippen LogP contribution in [-0.2, 0) is 6.42 Å². The second kappa shape index (κ2) is 6.59. The number of amides is 1. The summed E-state index contributed by atoms with van der Waals surface area (Å²) in [7, 11) is 0. The molecule has 0 aliphatic heterocycles. The third-order valence-electron chi connectivity index (χ3n) is 2.30. The number of furan rings is 1. The highest BCUT2D eigenvalue weighted by Crippen LogP contribution is 2.15. The molecule has 0 bridgehead atoms. The summed E-state index contributed by atoms with van der Waals surface area (Å²) >= 11 is 5.50. The molecule has 0 saturated carbocycles. The van der Waals surface area contributed by atoms with Crippen molar-refractivity contribution in [3.8, 4) is 0 Å². The third-order valence-corrected chi connectivity index (χ3v) is 2.47. The van der Waals surface area contributed by atoms with Gasteiger partial charge in [-0.3, -0.25) is 4.79 Å². The number of alkyl halides is 3. The summed E-state index contributed by atoms with van der Waals surface area (Å²) in [5.74, 6) is 0.165. The minimum Gasteiger partial charge on any atom is -0.469 e. The Morgan fingerprint density at radius 3 is 2.82 bits per heavy atom. The van der Waals surface area contributed by atoms with E-state index in [-0.39, 0.29) is 12.4 Å². The molecule has 0 unspecified atom stereocenters. The lowest BCUT2D eigenvalue weighted by Gasteiger charge is -2.20. The maximum Gasteiger partial charge on any atom is 0.257 e. The number of hydrogen-bond acceptors (Lipinski definition) is 2. The van der Waals surface area contributed by atoms with Crippen LogP contribution in [0.1, 0.15) is 23.0 Å². The highest BCUT2D eigenvalue weighted by molar-refractivity contribution is 6.18. The summed E-state index contributed by atoms with van der Waals surface area (Å²) in [4.78, 5) is 13.0. The third kappa shape index (κ3) is 3.70. The van der Waals surface area contributed by atoms with Crippen molar-refractivity contribution in [1.82, 2.24) is 4.90 Å². The molecule has 1 aromatic heterocycles. The van der Waals surface area contributed by atoms with E-state index < -0.39 is 18.9 Å². The van der Waals surface area contributed by atoms with E-state index in [1.54, 1.807) is 0 Å². The largest absolute Gasteiger partial charge is 0.469 e. The molecule has 0 aliphatic carbocycles. The Bertz CT molecular complexity index is 368. The van der Waals surface area contributed by atoms with E-state index in [2.05, 4.69) is 0 Å². The zero-order chi connectivity index (χ0) is 12.8. The first-order chi connectivity index (χ1) is 8.10. The van der Waals surface area contributed by atoms with Gasteiger partial charge in [0, 0.05) is 18.8 Å². The first kappa shape index (κ1) is 14.0. The van der Waals surface area contributed by atoms with Gasteiger partial charge in [0.1, 0.15) is 5.76 Å². The molecule has 6 heteroatoms. The molecule has 0 radical (unpaired) electrons. The topological polar surface area (TPSA) is 33.5 Å². The van der Waals surface area contributed by atoms with Crippen molar-refractivity contribution in [2.45, 2.75) is 19.8 Å². The highest BCUT2D eigenvalue weighted by Gasteiger charge is 2.22. The summed E-state index contributed by atoms with van der Waals surface area (Å²) in [5.41, 5.74) is 0.332. The molecule has 1 rings (SSSR count). The lowest BCUT2D eigenvalue weighted by Crippen LogP contribution is -2.36. The summed E-state index contributed by atoms with van der Waals surface area (Å²) in [6.07, 6.45) is -0.649. The first-order valence-electron chi connectivity index (χ1n) is 5.29. The zero-order valence-corrected chi connectivity index (χ0v) is 10.2. The van der Waals surface area contributed by atoms with Crippen molar-refractivity contribution in [3.63, 3.8) is 0 Å². The standard InChI is InChI=1S/C11H14ClF2NO2/c1-2-9-8(3-6-17-9)11(16)15(5-4-12)7-10(13)14/h3,6,10H,2,4-5,7H2,1H3. The Kier molecular flexibility index (Phi) is 5.41. The van der Waals surface area contributed by atoms with Crippen molar-refractivity contribution in [2.75, 3.05) is 19.0 Å². The van der Waals surface area contributed by atoms with Crippen molar-refractivity contribution in [2.24, 2.45) is 0 Å². The predicted octanol–water partition coefficient (Wildman–Crippen LogP) is 2.79. The van der Waals surface area contributed by atoms with Crippen LogP contribution in [0.25, 0.3) is 0 Å². The highest BCUT2D eigenvalue weighted by atomic mass is 35.5. The molecule has 0 spiro atoms. The molecular weight excluding hydrogens is 252 g/mol. The van der Waals surface area contributed by atoms with E-state index in [9.17, 15) is 13.6 Å². The van der Waals surface area contributed by atoms with Gasteiger partial charge in [0.15, 0.2) is 0 Å². The predicted molar refractivity (Wildman–Crippen MR) is 60.7 cm³/mol. The van der Waals surface area contributed by atoms with E-state index >= 15 is 0 Å². The number of aryl methyl sites for hydroxylation is 1. The van der Waals surface area contributed by atoms with Gasteiger partial charge in [-0.2, -0.15) is 0 Å². The van der Waals surface area contributed by atoms with Crippen LogP contribution in [0, 0.1) is 0 Å². The monoisotopic (exact) mass is 265 g/mol. The van der Waals surface area contributed by atoms with E-state index in [1.807, 2.05) is 6.92 Å². The number of carbonyl (C=O) groups is 1. The van der Waals surface area contributed by atoms with Gasteiger partial charge in [0.05, 0.1) is 18.4 Å². The van der Waals surface area contributed by atoms with Crippen LogP contribution in [0.4, 0.5) is 8.78 Å². The molecule has 0 fully saturated rings. The fourth-order valence-corrected chi connectivity index (χ4v) is 1.72. The minimum atomic E-state index is -2.57. The van der Waals surface area contributed by atoms with Gasteiger partial charge >= 0.3 is 0 Å². The van der Waals surface area contributed by atoms with E-state index in [1.165, 1.54) is 12.3 Å². The van der Waals surface area contributed by atoms with Gasteiger partial charge in [-0.15, -0.1) is 11.6 Å². The molecule has 17 heavy (non-hydrogen) atoms. The Balaban J connectivity index is 2.83. The summed E-state index contributed by atoms with van der Waals surface area (Å²) < 4.78 is 29.8. The molecule has 3 nitrogen and oxygen atoms in total. The van der Waals surface area contributed by atoms with Crippen LogP contribution in [-0.4, -0.2) is 36.2 Å². The summed E-state index contributed by atoms with van der Waals surface area (Å²) in [5, 5.41) is 0. The molecular formula is C11H14ClF2NO2. The molecule has 1 aromatic rings. The Labute approximate surface area is 103 Å². The fraction of sp³-hybridized carbons (Fsp3) is 0.545. The van der Waals surface area contributed by atoms with Crippen molar-refractivity contribution in [1.29, 1.82) is 0 Å². The molecule has 0 aliphatic rings.